The highest BCUT2D eigenvalue weighted by Gasteiger charge is 2.27. The zero-order valence-electron chi connectivity index (χ0n) is 9.62. The van der Waals surface area contributed by atoms with Gasteiger partial charge in [-0.3, -0.25) is 4.72 Å². The maximum Gasteiger partial charge on any atom is 0.235 e. The van der Waals surface area contributed by atoms with Crippen LogP contribution in [0.25, 0.3) is 0 Å². The van der Waals surface area contributed by atoms with Crippen LogP contribution < -0.4 is 10.0 Å². The molecule has 0 atom stereocenters. The molecule has 1 fully saturated rings. The van der Waals surface area contributed by atoms with Crippen molar-refractivity contribution in [2.75, 3.05) is 17.8 Å². The van der Waals surface area contributed by atoms with Gasteiger partial charge < -0.3 is 5.32 Å². The van der Waals surface area contributed by atoms with E-state index in [2.05, 4.69) is 41.9 Å². The number of anilines is 1. The quantitative estimate of drug-likeness (QED) is 0.824. The summed E-state index contributed by atoms with van der Waals surface area (Å²) in [5.41, 5.74) is 0.572. The van der Waals surface area contributed by atoms with E-state index >= 15 is 0 Å². The summed E-state index contributed by atoms with van der Waals surface area (Å²) in [4.78, 5) is 0. The molecule has 1 aromatic rings. The molecular weight excluding hydrogens is 384 g/mol. The van der Waals surface area contributed by atoms with Crippen LogP contribution in [0.4, 0.5) is 5.69 Å². The molecule has 4 nitrogen and oxygen atoms in total. The highest BCUT2D eigenvalue weighted by Crippen LogP contribution is 2.28. The second-order valence-electron chi connectivity index (χ2n) is 4.22. The Morgan fingerprint density at radius 2 is 1.89 bits per heavy atom. The lowest BCUT2D eigenvalue weighted by Crippen LogP contribution is -2.38. The van der Waals surface area contributed by atoms with Gasteiger partial charge in [-0.15, -0.1) is 0 Å². The Morgan fingerprint density at radius 1 is 1.22 bits per heavy atom. The highest BCUT2D eigenvalue weighted by molar-refractivity contribution is 9.11. The number of piperidine rings is 1. The molecule has 2 N–H and O–H groups in total. The van der Waals surface area contributed by atoms with E-state index in [0.29, 0.717) is 18.5 Å². The summed E-state index contributed by atoms with van der Waals surface area (Å²) in [5.74, 6) is 0. The molecule has 7 heteroatoms. The van der Waals surface area contributed by atoms with Crippen LogP contribution in [0.15, 0.2) is 27.1 Å². The van der Waals surface area contributed by atoms with Crippen molar-refractivity contribution in [2.45, 2.75) is 18.1 Å². The molecule has 18 heavy (non-hydrogen) atoms. The smallest absolute Gasteiger partial charge is 0.235 e. The van der Waals surface area contributed by atoms with Crippen molar-refractivity contribution in [3.63, 3.8) is 0 Å². The van der Waals surface area contributed by atoms with Gasteiger partial charge in [0.1, 0.15) is 0 Å². The lowest BCUT2D eigenvalue weighted by Gasteiger charge is -2.23. The highest BCUT2D eigenvalue weighted by atomic mass is 79.9. The van der Waals surface area contributed by atoms with Gasteiger partial charge in [-0.1, -0.05) is 15.9 Å². The van der Waals surface area contributed by atoms with Crippen molar-refractivity contribution in [2.24, 2.45) is 0 Å². The summed E-state index contributed by atoms with van der Waals surface area (Å²) < 4.78 is 28.7. The van der Waals surface area contributed by atoms with Gasteiger partial charge in [0.2, 0.25) is 10.0 Å². The SMILES string of the molecule is O=S(=O)(Nc1cc(Br)ccc1Br)C1CCNCC1. The standard InChI is InChI=1S/C11H14Br2N2O2S/c12-8-1-2-10(13)11(7-8)15-18(16,17)9-3-5-14-6-4-9/h1-2,7,9,14-15H,3-6H2. The van der Waals surface area contributed by atoms with Gasteiger partial charge in [0, 0.05) is 8.95 Å². The van der Waals surface area contributed by atoms with E-state index in [-0.39, 0.29) is 5.25 Å². The topological polar surface area (TPSA) is 58.2 Å². The van der Waals surface area contributed by atoms with Crippen LogP contribution in [-0.4, -0.2) is 26.8 Å². The second-order valence-corrected chi connectivity index (χ2v) is 7.95. The fourth-order valence-corrected chi connectivity index (χ4v) is 4.25. The fraction of sp³-hybridized carbons (Fsp3) is 0.455. The molecule has 2 rings (SSSR count). The van der Waals surface area contributed by atoms with Gasteiger partial charge in [0.05, 0.1) is 10.9 Å². The minimum absolute atomic E-state index is 0.315. The third-order valence-electron chi connectivity index (χ3n) is 2.91. The lowest BCUT2D eigenvalue weighted by atomic mass is 10.2. The first-order chi connectivity index (χ1) is 8.49. The number of nitrogens with one attached hydrogen (secondary N) is 2. The normalized spacial score (nSPS) is 17.7. The van der Waals surface area contributed by atoms with Crippen molar-refractivity contribution in [1.82, 2.24) is 5.32 Å². The first-order valence-electron chi connectivity index (χ1n) is 5.66. The van der Waals surface area contributed by atoms with Gasteiger partial charge >= 0.3 is 0 Å². The van der Waals surface area contributed by atoms with Crippen LogP contribution in [0.1, 0.15) is 12.8 Å². The van der Waals surface area contributed by atoms with E-state index in [0.717, 1.165) is 22.0 Å². The number of rotatable bonds is 3. The summed E-state index contributed by atoms with van der Waals surface area (Å²) in [6.07, 6.45) is 1.31. The van der Waals surface area contributed by atoms with Crippen molar-refractivity contribution in [3.8, 4) is 0 Å². The number of halogens is 2. The Balaban J connectivity index is 2.18. The van der Waals surface area contributed by atoms with Crippen LogP contribution >= 0.6 is 31.9 Å². The number of hydrogen-bond donors (Lipinski definition) is 2. The molecule has 1 aliphatic heterocycles. The lowest BCUT2D eigenvalue weighted by molar-refractivity contribution is 0.499. The van der Waals surface area contributed by atoms with E-state index in [4.69, 9.17) is 0 Å². The summed E-state index contributed by atoms with van der Waals surface area (Å²) in [6, 6.07) is 5.42. The summed E-state index contributed by atoms with van der Waals surface area (Å²) in [7, 11) is -3.32. The molecule has 0 amide bonds. The van der Waals surface area contributed by atoms with Gasteiger partial charge in [0.25, 0.3) is 0 Å². The van der Waals surface area contributed by atoms with Crippen molar-refractivity contribution < 1.29 is 8.42 Å². The van der Waals surface area contributed by atoms with E-state index < -0.39 is 10.0 Å². The molecule has 0 saturated carbocycles. The maximum atomic E-state index is 12.2. The molecule has 1 aliphatic rings. The van der Waals surface area contributed by atoms with Gasteiger partial charge in [-0.05, 0) is 60.1 Å². The number of benzene rings is 1. The van der Waals surface area contributed by atoms with E-state index in [1.807, 2.05) is 12.1 Å². The van der Waals surface area contributed by atoms with Crippen LogP contribution in [0.5, 0.6) is 0 Å². The molecule has 0 unspecified atom stereocenters. The third-order valence-corrected chi connectivity index (χ3v) is 5.94. The first-order valence-corrected chi connectivity index (χ1v) is 8.80. The molecule has 1 saturated heterocycles. The molecule has 0 aliphatic carbocycles. The fourth-order valence-electron chi connectivity index (χ4n) is 1.92. The maximum absolute atomic E-state index is 12.2. The monoisotopic (exact) mass is 396 g/mol. The zero-order valence-corrected chi connectivity index (χ0v) is 13.6. The summed E-state index contributed by atoms with van der Waals surface area (Å²) in [6.45, 7) is 1.51. The van der Waals surface area contributed by atoms with Crippen molar-refractivity contribution in [3.05, 3.63) is 27.1 Å². The average Bonchev–Trinajstić information content (AvgIpc) is 2.35. The van der Waals surface area contributed by atoms with Crippen molar-refractivity contribution >= 4 is 47.6 Å². The molecule has 0 radical (unpaired) electrons. The third kappa shape index (κ3) is 3.46. The van der Waals surface area contributed by atoms with E-state index in [1.165, 1.54) is 0 Å². The van der Waals surface area contributed by atoms with Gasteiger partial charge in [-0.2, -0.15) is 0 Å². The first kappa shape index (κ1) is 14.3. The minimum atomic E-state index is -3.32. The Kier molecular flexibility index (Phi) is 4.69. The molecule has 0 aromatic heterocycles. The average molecular weight is 398 g/mol. The van der Waals surface area contributed by atoms with E-state index in [1.54, 1.807) is 6.07 Å². The van der Waals surface area contributed by atoms with E-state index in [9.17, 15) is 8.42 Å². The largest absolute Gasteiger partial charge is 0.317 e. The molecule has 1 heterocycles. The summed E-state index contributed by atoms with van der Waals surface area (Å²) >= 11 is 6.68. The second kappa shape index (κ2) is 5.90. The minimum Gasteiger partial charge on any atom is -0.317 e. The van der Waals surface area contributed by atoms with Gasteiger partial charge in [-0.25, -0.2) is 8.42 Å². The predicted molar refractivity (Wildman–Crippen MR) is 80.3 cm³/mol. The van der Waals surface area contributed by atoms with Crippen molar-refractivity contribution in [1.29, 1.82) is 0 Å². The number of hydrogen-bond acceptors (Lipinski definition) is 3. The summed E-state index contributed by atoms with van der Waals surface area (Å²) in [5, 5.41) is 2.85. The van der Waals surface area contributed by atoms with Gasteiger partial charge in [0.15, 0.2) is 0 Å². The van der Waals surface area contributed by atoms with Crippen LogP contribution in [0.2, 0.25) is 0 Å². The Hall–Kier alpha value is -0.110. The van der Waals surface area contributed by atoms with Crippen LogP contribution in [0.3, 0.4) is 0 Å². The zero-order chi connectivity index (χ0) is 13.2. The Bertz CT molecular complexity index is 528. The number of sulfonamides is 1. The van der Waals surface area contributed by atoms with Crippen LogP contribution in [0, 0.1) is 0 Å². The molecule has 0 spiro atoms. The molecular formula is C11H14Br2N2O2S. The molecule has 1 aromatic carbocycles. The Morgan fingerprint density at radius 3 is 2.56 bits per heavy atom. The van der Waals surface area contributed by atoms with Crippen LogP contribution in [-0.2, 0) is 10.0 Å². The molecule has 0 bridgehead atoms. The predicted octanol–water partition coefficient (Wildman–Crippen LogP) is 2.71. The Labute approximate surface area is 124 Å². The molecule has 100 valence electrons.